The van der Waals surface area contributed by atoms with Gasteiger partial charge in [-0.15, -0.1) is 10.2 Å². The number of carbonyl (C=O) groups is 1. The monoisotopic (exact) mass is 364 g/mol. The maximum atomic E-state index is 13.7. The topological polar surface area (TPSA) is 73.0 Å². The molecule has 0 spiro atoms. The number of rotatable bonds is 5. The highest BCUT2D eigenvalue weighted by atomic mass is 19.1. The third-order valence-corrected chi connectivity index (χ3v) is 4.29. The smallest absolute Gasteiger partial charge is 0.249 e. The van der Waals surface area contributed by atoms with E-state index in [1.54, 1.807) is 25.1 Å². The van der Waals surface area contributed by atoms with Crippen LogP contribution in [-0.2, 0) is 17.9 Å². The molecule has 2 aromatic carbocycles. The number of fused-ring (bicyclic) bond motifs is 1. The van der Waals surface area contributed by atoms with Crippen LogP contribution in [0.5, 0.6) is 0 Å². The highest BCUT2D eigenvalue weighted by Crippen LogP contribution is 2.29. The quantitative estimate of drug-likeness (QED) is 0.589. The number of amides is 1. The van der Waals surface area contributed by atoms with Crippen molar-refractivity contribution in [2.75, 3.05) is 0 Å². The Bertz CT molecular complexity index is 1120. The number of benzene rings is 2. The molecule has 0 aliphatic rings. The highest BCUT2D eigenvalue weighted by Gasteiger charge is 2.16. The molecule has 27 heavy (non-hydrogen) atoms. The number of nitrogens with zero attached hydrogens (tertiary/aromatic N) is 3. The summed E-state index contributed by atoms with van der Waals surface area (Å²) in [7, 11) is 0. The number of aryl methyl sites for hydroxylation is 1. The molecule has 0 aliphatic carbocycles. The van der Waals surface area contributed by atoms with Crippen LogP contribution in [0.2, 0.25) is 0 Å². The second-order valence-electron chi connectivity index (χ2n) is 6.18. The molecule has 6 nitrogen and oxygen atoms in total. The number of para-hydroxylation sites is 1. The predicted octanol–water partition coefficient (Wildman–Crippen LogP) is 3.46. The van der Waals surface area contributed by atoms with Gasteiger partial charge in [-0.05, 0) is 12.1 Å². The van der Waals surface area contributed by atoms with E-state index in [1.165, 1.54) is 6.07 Å². The summed E-state index contributed by atoms with van der Waals surface area (Å²) < 4.78 is 21.0. The number of halogens is 1. The normalized spacial score (nSPS) is 11.0. The molecule has 136 valence electrons. The van der Waals surface area contributed by atoms with Gasteiger partial charge in [-0.1, -0.05) is 36.4 Å². The summed E-state index contributed by atoms with van der Waals surface area (Å²) >= 11 is 0. The fourth-order valence-electron chi connectivity index (χ4n) is 3.00. The zero-order valence-corrected chi connectivity index (χ0v) is 14.6. The largest absolute Gasteiger partial charge is 0.421 e. The van der Waals surface area contributed by atoms with Crippen LogP contribution in [0.25, 0.3) is 22.4 Å². The summed E-state index contributed by atoms with van der Waals surface area (Å²) in [6.45, 7) is 1.97. The molecule has 0 atom stereocenters. The molecule has 2 aromatic heterocycles. The van der Waals surface area contributed by atoms with Crippen molar-refractivity contribution < 1.29 is 13.6 Å². The Morgan fingerprint density at radius 1 is 1.15 bits per heavy atom. The predicted molar refractivity (Wildman–Crippen MR) is 98.2 cm³/mol. The van der Waals surface area contributed by atoms with Crippen LogP contribution in [0.3, 0.4) is 0 Å². The molecular weight excluding hydrogens is 347 g/mol. The van der Waals surface area contributed by atoms with Gasteiger partial charge < -0.3 is 14.3 Å². The van der Waals surface area contributed by atoms with Gasteiger partial charge in [0.2, 0.25) is 17.7 Å². The lowest BCUT2D eigenvalue weighted by molar-refractivity contribution is -0.121. The lowest BCUT2D eigenvalue weighted by atomic mass is 10.2. The highest BCUT2D eigenvalue weighted by molar-refractivity contribution is 5.94. The number of hydrogen-bond acceptors (Lipinski definition) is 4. The van der Waals surface area contributed by atoms with Crippen molar-refractivity contribution in [1.29, 1.82) is 0 Å². The molecule has 0 radical (unpaired) electrons. The first kappa shape index (κ1) is 17.0. The minimum atomic E-state index is -0.335. The zero-order chi connectivity index (χ0) is 18.8. The van der Waals surface area contributed by atoms with E-state index in [4.69, 9.17) is 4.42 Å². The first-order chi connectivity index (χ1) is 13.1. The molecule has 0 unspecified atom stereocenters. The molecule has 7 heteroatoms. The lowest BCUT2D eigenvalue weighted by Gasteiger charge is -2.08. The van der Waals surface area contributed by atoms with E-state index in [1.807, 2.05) is 35.0 Å². The third kappa shape index (κ3) is 3.44. The van der Waals surface area contributed by atoms with Gasteiger partial charge >= 0.3 is 0 Å². The molecule has 0 fully saturated rings. The van der Waals surface area contributed by atoms with Crippen molar-refractivity contribution >= 4 is 16.8 Å². The lowest BCUT2D eigenvalue weighted by Crippen LogP contribution is -2.27. The molecule has 1 amide bonds. The number of carbonyl (C=O) groups excluding carboxylic acids is 1. The maximum absolute atomic E-state index is 13.7. The van der Waals surface area contributed by atoms with Crippen molar-refractivity contribution in [3.8, 4) is 11.5 Å². The van der Waals surface area contributed by atoms with Crippen molar-refractivity contribution in [2.24, 2.45) is 0 Å². The second-order valence-corrected chi connectivity index (χ2v) is 6.18. The first-order valence-corrected chi connectivity index (χ1v) is 8.50. The van der Waals surface area contributed by atoms with E-state index in [9.17, 15) is 9.18 Å². The number of hydrogen-bond donors (Lipinski definition) is 1. The Balaban J connectivity index is 1.57. The standard InChI is InChI=1S/C20H17FN4O2/c1-13-23-24-20(27-13)16-11-25(18-9-5-3-7-15(16)18)12-19(26)22-10-14-6-2-4-8-17(14)21/h2-9,11H,10,12H2,1H3,(H,22,26). The Morgan fingerprint density at radius 3 is 2.70 bits per heavy atom. The fraction of sp³-hybridized carbons (Fsp3) is 0.150. The molecule has 0 saturated heterocycles. The molecule has 0 saturated carbocycles. The summed E-state index contributed by atoms with van der Waals surface area (Å²) in [5.41, 5.74) is 2.10. The van der Waals surface area contributed by atoms with E-state index in [0.29, 0.717) is 17.3 Å². The van der Waals surface area contributed by atoms with Gasteiger partial charge in [-0.3, -0.25) is 4.79 Å². The summed E-state index contributed by atoms with van der Waals surface area (Å²) in [5.74, 6) is 0.337. The van der Waals surface area contributed by atoms with Gasteiger partial charge in [-0.2, -0.15) is 0 Å². The molecule has 4 aromatic rings. The van der Waals surface area contributed by atoms with E-state index >= 15 is 0 Å². The second kappa shape index (κ2) is 7.03. The van der Waals surface area contributed by atoms with E-state index in [2.05, 4.69) is 15.5 Å². The third-order valence-electron chi connectivity index (χ3n) is 4.29. The van der Waals surface area contributed by atoms with Crippen molar-refractivity contribution in [1.82, 2.24) is 20.1 Å². The zero-order valence-electron chi connectivity index (χ0n) is 14.6. The van der Waals surface area contributed by atoms with Gasteiger partial charge in [-0.25, -0.2) is 4.39 Å². The van der Waals surface area contributed by atoms with Crippen molar-refractivity contribution in [2.45, 2.75) is 20.0 Å². The van der Waals surface area contributed by atoms with Gasteiger partial charge in [0.25, 0.3) is 0 Å². The first-order valence-electron chi connectivity index (χ1n) is 8.50. The number of nitrogens with one attached hydrogen (secondary N) is 1. The average Bonchev–Trinajstić information content (AvgIpc) is 3.25. The van der Waals surface area contributed by atoms with Crippen LogP contribution in [0.15, 0.2) is 59.1 Å². The minimum Gasteiger partial charge on any atom is -0.421 e. The molecular formula is C20H17FN4O2. The van der Waals surface area contributed by atoms with Crippen LogP contribution < -0.4 is 5.32 Å². The van der Waals surface area contributed by atoms with Crippen LogP contribution >= 0.6 is 0 Å². The molecule has 1 N–H and O–H groups in total. The van der Waals surface area contributed by atoms with E-state index < -0.39 is 0 Å². The molecule has 2 heterocycles. The van der Waals surface area contributed by atoms with Crippen molar-refractivity contribution in [3.63, 3.8) is 0 Å². The van der Waals surface area contributed by atoms with E-state index in [0.717, 1.165) is 16.5 Å². The Kier molecular flexibility index (Phi) is 4.42. The SMILES string of the molecule is Cc1nnc(-c2cn(CC(=O)NCc3ccccc3F)c3ccccc23)o1. The maximum Gasteiger partial charge on any atom is 0.249 e. The molecule has 0 aliphatic heterocycles. The molecule has 0 bridgehead atoms. The Morgan fingerprint density at radius 2 is 1.93 bits per heavy atom. The van der Waals surface area contributed by atoms with E-state index in [-0.39, 0.29) is 24.8 Å². The summed E-state index contributed by atoms with van der Waals surface area (Å²) in [4.78, 5) is 12.4. The molecule has 4 rings (SSSR count). The van der Waals surface area contributed by atoms with Gasteiger partial charge in [0.05, 0.1) is 5.56 Å². The van der Waals surface area contributed by atoms with Gasteiger partial charge in [0.15, 0.2) is 0 Å². The van der Waals surface area contributed by atoms with Gasteiger partial charge in [0, 0.05) is 36.1 Å². The van der Waals surface area contributed by atoms with Crippen LogP contribution in [0.1, 0.15) is 11.5 Å². The summed E-state index contributed by atoms with van der Waals surface area (Å²) in [6, 6.07) is 14.1. The van der Waals surface area contributed by atoms with Crippen LogP contribution in [0.4, 0.5) is 4.39 Å². The Hall–Kier alpha value is -3.48. The minimum absolute atomic E-state index is 0.0993. The number of aromatic nitrogens is 3. The fourth-order valence-corrected chi connectivity index (χ4v) is 3.00. The summed E-state index contributed by atoms with van der Waals surface area (Å²) in [5, 5.41) is 11.6. The van der Waals surface area contributed by atoms with Crippen LogP contribution in [-0.4, -0.2) is 20.7 Å². The van der Waals surface area contributed by atoms with Gasteiger partial charge in [0.1, 0.15) is 12.4 Å². The Labute approximate surface area is 154 Å². The van der Waals surface area contributed by atoms with Crippen molar-refractivity contribution in [3.05, 3.63) is 72.0 Å². The average molecular weight is 364 g/mol. The summed E-state index contributed by atoms with van der Waals surface area (Å²) in [6.07, 6.45) is 1.82. The van der Waals surface area contributed by atoms with Crippen LogP contribution in [0, 0.1) is 12.7 Å².